The number of hydrogen-bond donors (Lipinski definition) is 1. The number of thiazole rings is 1. The maximum absolute atomic E-state index is 6.50. The zero-order valence-electron chi connectivity index (χ0n) is 18.1. The molecule has 2 aromatic carbocycles. The Morgan fingerprint density at radius 1 is 1.12 bits per heavy atom. The third kappa shape index (κ3) is 4.51. The molecule has 1 aliphatic rings. The first-order valence-electron chi connectivity index (χ1n) is 10.6. The van der Waals surface area contributed by atoms with E-state index in [2.05, 4.69) is 33.3 Å². The third-order valence-electron chi connectivity index (χ3n) is 5.63. The lowest BCUT2D eigenvalue weighted by molar-refractivity contribution is 0.115. The molecule has 0 bridgehead atoms. The molecule has 1 fully saturated rings. The number of aromatic nitrogens is 3. The van der Waals surface area contributed by atoms with Gasteiger partial charge in [0.15, 0.2) is 0 Å². The number of nitrogens with zero attached hydrogens (tertiary/aromatic N) is 4. The van der Waals surface area contributed by atoms with Crippen molar-refractivity contribution in [3.8, 4) is 22.1 Å². The Bertz CT molecular complexity index is 1210. The summed E-state index contributed by atoms with van der Waals surface area (Å²) < 4.78 is 11.8. The summed E-state index contributed by atoms with van der Waals surface area (Å²) in [5.41, 5.74) is 2.68. The van der Waals surface area contributed by atoms with Gasteiger partial charge in [-0.15, -0.1) is 11.3 Å². The Morgan fingerprint density at radius 3 is 2.78 bits per heavy atom. The van der Waals surface area contributed by atoms with E-state index in [1.54, 1.807) is 18.4 Å². The second-order valence-corrected chi connectivity index (χ2v) is 8.81. The normalized spacial score (nSPS) is 15.1. The van der Waals surface area contributed by atoms with Crippen LogP contribution in [0, 0.1) is 0 Å². The van der Waals surface area contributed by atoms with Gasteiger partial charge in [-0.1, -0.05) is 6.07 Å². The summed E-state index contributed by atoms with van der Waals surface area (Å²) in [6, 6.07) is 11.8. The molecule has 1 saturated heterocycles. The molecular weight excluding hydrogens is 422 g/mol. The monoisotopic (exact) mass is 447 g/mol. The Balaban J connectivity index is 1.48. The van der Waals surface area contributed by atoms with E-state index in [1.807, 2.05) is 48.1 Å². The van der Waals surface area contributed by atoms with Crippen LogP contribution in [0.15, 0.2) is 54.2 Å². The fourth-order valence-electron chi connectivity index (χ4n) is 3.85. The van der Waals surface area contributed by atoms with Gasteiger partial charge in [-0.3, -0.25) is 0 Å². The molecular formula is C24H25N5O2S. The molecule has 0 aliphatic carbocycles. The summed E-state index contributed by atoms with van der Waals surface area (Å²) in [5, 5.41) is 7.13. The Kier molecular flexibility index (Phi) is 5.87. The van der Waals surface area contributed by atoms with Gasteiger partial charge in [-0.2, -0.15) is 0 Å². The maximum Gasteiger partial charge on any atom is 0.227 e. The van der Waals surface area contributed by atoms with Gasteiger partial charge >= 0.3 is 0 Å². The Labute approximate surface area is 191 Å². The summed E-state index contributed by atoms with van der Waals surface area (Å²) in [6.45, 7) is 2.09. The molecule has 0 atom stereocenters. The number of likely N-dealkylation sites (tertiary alicyclic amines) is 1. The summed E-state index contributed by atoms with van der Waals surface area (Å²) in [4.78, 5) is 16.1. The van der Waals surface area contributed by atoms with Crippen LogP contribution >= 0.6 is 11.3 Å². The van der Waals surface area contributed by atoms with Crippen LogP contribution in [0.3, 0.4) is 0 Å². The Hall–Kier alpha value is -3.23. The quantitative estimate of drug-likeness (QED) is 0.447. The molecule has 5 rings (SSSR count). The average Bonchev–Trinajstić information content (AvgIpc) is 3.35. The van der Waals surface area contributed by atoms with Crippen molar-refractivity contribution in [2.45, 2.75) is 18.9 Å². The molecule has 0 saturated carbocycles. The van der Waals surface area contributed by atoms with E-state index in [4.69, 9.17) is 14.5 Å². The standard InChI is InChI=1S/C24H25N5O2S/c1-29-9-6-18(7-10-29)31-22-14-21-16(12-20(22)23-25-8-11-32-23)15-26-24(28-21)27-17-4-3-5-19(13-17)30-2/h3-5,8,11-15,18H,6-7,9-10H2,1-2H3,(H,26,27,28). The molecule has 0 spiro atoms. The van der Waals surface area contributed by atoms with Gasteiger partial charge in [0, 0.05) is 54.1 Å². The summed E-state index contributed by atoms with van der Waals surface area (Å²) in [5.74, 6) is 2.13. The smallest absolute Gasteiger partial charge is 0.227 e. The van der Waals surface area contributed by atoms with Crippen LogP contribution < -0.4 is 14.8 Å². The van der Waals surface area contributed by atoms with Crippen LogP contribution in [0.25, 0.3) is 21.5 Å². The number of fused-ring (bicyclic) bond motifs is 1. The van der Waals surface area contributed by atoms with Gasteiger partial charge in [0.2, 0.25) is 5.95 Å². The highest BCUT2D eigenvalue weighted by atomic mass is 32.1. The predicted octanol–water partition coefficient (Wildman–Crippen LogP) is 4.98. The van der Waals surface area contributed by atoms with Crippen molar-refractivity contribution in [2.75, 3.05) is 32.6 Å². The lowest BCUT2D eigenvalue weighted by Gasteiger charge is -2.29. The zero-order chi connectivity index (χ0) is 21.9. The van der Waals surface area contributed by atoms with Crippen molar-refractivity contribution >= 4 is 33.9 Å². The number of nitrogens with one attached hydrogen (secondary N) is 1. The molecule has 2 aromatic heterocycles. The minimum atomic E-state index is 0.193. The molecule has 32 heavy (non-hydrogen) atoms. The zero-order valence-corrected chi connectivity index (χ0v) is 18.9. The van der Waals surface area contributed by atoms with Crippen LogP contribution in [-0.2, 0) is 0 Å². The molecule has 4 aromatic rings. The van der Waals surface area contributed by atoms with Crippen molar-refractivity contribution in [2.24, 2.45) is 0 Å². The second-order valence-electron chi connectivity index (χ2n) is 7.92. The van der Waals surface area contributed by atoms with E-state index in [9.17, 15) is 0 Å². The SMILES string of the molecule is COc1cccc(Nc2ncc3cc(-c4nccs4)c(OC4CCN(C)CC4)cc3n2)c1. The van der Waals surface area contributed by atoms with Gasteiger partial charge in [0.05, 0.1) is 18.2 Å². The highest BCUT2D eigenvalue weighted by Crippen LogP contribution is 2.36. The topological polar surface area (TPSA) is 72.4 Å². The van der Waals surface area contributed by atoms with Gasteiger partial charge in [-0.25, -0.2) is 15.0 Å². The van der Waals surface area contributed by atoms with Crippen LogP contribution in [0.2, 0.25) is 0 Å². The molecule has 0 unspecified atom stereocenters. The first-order valence-corrected chi connectivity index (χ1v) is 11.5. The third-order valence-corrected chi connectivity index (χ3v) is 6.44. The maximum atomic E-state index is 6.50. The number of ether oxygens (including phenoxy) is 2. The molecule has 0 radical (unpaired) electrons. The fraction of sp³-hybridized carbons (Fsp3) is 0.292. The van der Waals surface area contributed by atoms with Gasteiger partial charge in [0.1, 0.15) is 22.6 Å². The van der Waals surface area contributed by atoms with Gasteiger partial charge in [0.25, 0.3) is 0 Å². The van der Waals surface area contributed by atoms with Crippen molar-refractivity contribution < 1.29 is 9.47 Å². The van der Waals surface area contributed by atoms with Crippen molar-refractivity contribution in [1.29, 1.82) is 0 Å². The average molecular weight is 448 g/mol. The van der Waals surface area contributed by atoms with Crippen LogP contribution in [0.4, 0.5) is 11.6 Å². The van der Waals surface area contributed by atoms with Crippen molar-refractivity contribution in [3.63, 3.8) is 0 Å². The lowest BCUT2D eigenvalue weighted by Crippen LogP contribution is -2.35. The lowest BCUT2D eigenvalue weighted by atomic mass is 10.1. The summed E-state index contributed by atoms with van der Waals surface area (Å²) in [7, 11) is 3.80. The van der Waals surface area contributed by atoms with Gasteiger partial charge in [-0.05, 0) is 38.1 Å². The predicted molar refractivity (Wildman–Crippen MR) is 128 cm³/mol. The van der Waals surface area contributed by atoms with E-state index < -0.39 is 0 Å². The molecule has 1 aliphatic heterocycles. The van der Waals surface area contributed by atoms with Crippen LogP contribution in [0.1, 0.15) is 12.8 Å². The van der Waals surface area contributed by atoms with Gasteiger partial charge < -0.3 is 19.7 Å². The van der Waals surface area contributed by atoms with Crippen molar-refractivity contribution in [3.05, 3.63) is 54.2 Å². The van der Waals surface area contributed by atoms with E-state index in [0.717, 1.165) is 64.6 Å². The fourth-order valence-corrected chi connectivity index (χ4v) is 4.51. The molecule has 0 amide bonds. The molecule has 8 heteroatoms. The number of benzene rings is 2. The summed E-state index contributed by atoms with van der Waals surface area (Å²) in [6.07, 6.45) is 5.87. The van der Waals surface area contributed by atoms with Crippen LogP contribution in [0.5, 0.6) is 11.5 Å². The van der Waals surface area contributed by atoms with E-state index >= 15 is 0 Å². The largest absolute Gasteiger partial charge is 0.497 e. The molecule has 1 N–H and O–H groups in total. The number of hydrogen-bond acceptors (Lipinski definition) is 8. The highest BCUT2D eigenvalue weighted by Gasteiger charge is 2.21. The first-order chi connectivity index (χ1) is 15.7. The van der Waals surface area contributed by atoms with E-state index in [-0.39, 0.29) is 6.10 Å². The number of anilines is 2. The molecule has 7 nitrogen and oxygen atoms in total. The second kappa shape index (κ2) is 9.10. The Morgan fingerprint density at radius 2 is 2.00 bits per heavy atom. The van der Waals surface area contributed by atoms with E-state index in [0.29, 0.717) is 5.95 Å². The minimum Gasteiger partial charge on any atom is -0.497 e. The number of rotatable bonds is 6. The minimum absolute atomic E-state index is 0.193. The van der Waals surface area contributed by atoms with Crippen molar-refractivity contribution in [1.82, 2.24) is 19.9 Å². The number of methoxy groups -OCH3 is 1. The van der Waals surface area contributed by atoms with E-state index in [1.165, 1.54) is 0 Å². The number of piperidine rings is 1. The first kappa shape index (κ1) is 20.7. The molecule has 3 heterocycles. The van der Waals surface area contributed by atoms with Crippen LogP contribution in [-0.4, -0.2) is 53.2 Å². The highest BCUT2D eigenvalue weighted by molar-refractivity contribution is 7.13. The molecule has 164 valence electrons. The summed E-state index contributed by atoms with van der Waals surface area (Å²) >= 11 is 1.61.